The van der Waals surface area contributed by atoms with Crippen molar-refractivity contribution >= 4 is 0 Å². The van der Waals surface area contributed by atoms with Crippen LogP contribution in [0.5, 0.6) is 0 Å². The zero-order chi connectivity index (χ0) is 9.81. The summed E-state index contributed by atoms with van der Waals surface area (Å²) in [5, 5.41) is 10.9. The second-order valence-corrected chi connectivity index (χ2v) is 5.84. The Morgan fingerprint density at radius 3 is 2.43 bits per heavy atom. The van der Waals surface area contributed by atoms with Crippen molar-refractivity contribution in [3.05, 3.63) is 0 Å². The quantitative estimate of drug-likeness (QED) is 0.704. The first-order chi connectivity index (χ1) is 6.70. The Morgan fingerprint density at radius 1 is 1.29 bits per heavy atom. The normalized spacial score (nSPS) is 49.3. The van der Waals surface area contributed by atoms with Crippen LogP contribution in [0.4, 0.5) is 0 Å². The fraction of sp³-hybridized carbons (Fsp3) is 1.00. The highest BCUT2D eigenvalue weighted by atomic mass is 16.3. The van der Waals surface area contributed by atoms with Gasteiger partial charge in [0.25, 0.3) is 0 Å². The van der Waals surface area contributed by atoms with E-state index in [0.29, 0.717) is 12.5 Å². The van der Waals surface area contributed by atoms with Crippen molar-refractivity contribution < 1.29 is 5.11 Å². The van der Waals surface area contributed by atoms with Gasteiger partial charge in [0.2, 0.25) is 0 Å². The number of aliphatic hydroxyl groups is 1. The fourth-order valence-corrected chi connectivity index (χ4v) is 4.37. The summed E-state index contributed by atoms with van der Waals surface area (Å²) in [7, 11) is 0. The third-order valence-corrected chi connectivity index (χ3v) is 5.44. The maximum Gasteiger partial charge on any atom is 0.0746 e. The predicted octanol–water partition coefficient (Wildman–Crippen LogP) is 1.67. The molecule has 3 rings (SSSR count). The molecule has 0 amide bonds. The van der Waals surface area contributed by atoms with Crippen molar-refractivity contribution in [2.24, 2.45) is 23.0 Å². The average Bonchev–Trinajstić information content (AvgIpc) is 2.62. The molecule has 2 heteroatoms. The van der Waals surface area contributed by atoms with Gasteiger partial charge in [0.15, 0.2) is 0 Å². The van der Waals surface area contributed by atoms with E-state index in [4.69, 9.17) is 5.73 Å². The van der Waals surface area contributed by atoms with Crippen LogP contribution in [0.2, 0.25) is 0 Å². The molecule has 14 heavy (non-hydrogen) atoms. The van der Waals surface area contributed by atoms with Gasteiger partial charge < -0.3 is 10.8 Å². The first-order valence-corrected chi connectivity index (χ1v) is 6.13. The molecule has 0 aromatic carbocycles. The van der Waals surface area contributed by atoms with E-state index in [9.17, 15) is 5.11 Å². The summed E-state index contributed by atoms with van der Waals surface area (Å²) in [5.41, 5.74) is 5.65. The monoisotopic (exact) mass is 195 g/mol. The van der Waals surface area contributed by atoms with E-state index < -0.39 is 0 Å². The summed E-state index contributed by atoms with van der Waals surface area (Å²) in [4.78, 5) is 0. The largest absolute Gasteiger partial charge is 0.389 e. The van der Waals surface area contributed by atoms with Crippen molar-refractivity contribution in [2.75, 3.05) is 6.54 Å². The predicted molar refractivity (Wildman–Crippen MR) is 55.7 cm³/mol. The van der Waals surface area contributed by atoms with Gasteiger partial charge in [-0.15, -0.1) is 0 Å². The molecule has 2 bridgehead atoms. The molecule has 0 heterocycles. The highest BCUT2D eigenvalue weighted by Crippen LogP contribution is 2.62. The van der Waals surface area contributed by atoms with Crippen molar-refractivity contribution in [1.29, 1.82) is 0 Å². The lowest BCUT2D eigenvalue weighted by molar-refractivity contribution is -0.154. The van der Waals surface area contributed by atoms with Gasteiger partial charge in [-0.2, -0.15) is 0 Å². The number of fused-ring (bicyclic) bond motifs is 2. The van der Waals surface area contributed by atoms with Crippen molar-refractivity contribution in [1.82, 2.24) is 0 Å². The standard InChI is InChI=1S/C12H21NO/c13-8-11(4-1-5-11)12(14)7-9-2-3-10(12)6-9/h9-10,14H,1-8,13H2. The van der Waals surface area contributed by atoms with E-state index in [1.807, 2.05) is 0 Å². The highest BCUT2D eigenvalue weighted by molar-refractivity contribution is 5.13. The van der Waals surface area contributed by atoms with E-state index in [0.717, 1.165) is 12.3 Å². The van der Waals surface area contributed by atoms with E-state index in [1.165, 1.54) is 38.5 Å². The molecular weight excluding hydrogens is 174 g/mol. The van der Waals surface area contributed by atoms with Crippen LogP contribution in [0.25, 0.3) is 0 Å². The molecule has 3 fully saturated rings. The Bertz CT molecular complexity index is 243. The molecule has 0 aromatic rings. The molecule has 3 unspecified atom stereocenters. The summed E-state index contributed by atoms with van der Waals surface area (Å²) in [6, 6.07) is 0. The number of hydrogen-bond donors (Lipinski definition) is 2. The topological polar surface area (TPSA) is 46.2 Å². The van der Waals surface area contributed by atoms with Crippen molar-refractivity contribution in [3.8, 4) is 0 Å². The van der Waals surface area contributed by atoms with Crippen LogP contribution in [0.3, 0.4) is 0 Å². The van der Waals surface area contributed by atoms with E-state index >= 15 is 0 Å². The van der Waals surface area contributed by atoms with Crippen LogP contribution < -0.4 is 5.73 Å². The molecule has 80 valence electrons. The van der Waals surface area contributed by atoms with Crippen molar-refractivity contribution in [3.63, 3.8) is 0 Å². The molecule has 0 radical (unpaired) electrons. The van der Waals surface area contributed by atoms with Crippen LogP contribution in [0.15, 0.2) is 0 Å². The highest BCUT2D eigenvalue weighted by Gasteiger charge is 2.62. The Morgan fingerprint density at radius 2 is 2.07 bits per heavy atom. The first-order valence-electron chi connectivity index (χ1n) is 6.13. The third-order valence-electron chi connectivity index (χ3n) is 5.44. The molecule has 0 saturated heterocycles. The van der Waals surface area contributed by atoms with Gasteiger partial charge in [0, 0.05) is 12.0 Å². The molecule has 3 atom stereocenters. The third kappa shape index (κ3) is 0.892. The molecule has 3 N–H and O–H groups in total. The van der Waals surface area contributed by atoms with Crippen LogP contribution in [-0.2, 0) is 0 Å². The average molecular weight is 195 g/mol. The Hall–Kier alpha value is -0.0800. The van der Waals surface area contributed by atoms with Gasteiger partial charge in [-0.05, 0) is 50.4 Å². The van der Waals surface area contributed by atoms with Gasteiger partial charge in [-0.25, -0.2) is 0 Å². The minimum absolute atomic E-state index is 0.118. The van der Waals surface area contributed by atoms with E-state index in [1.54, 1.807) is 0 Å². The fourth-order valence-electron chi connectivity index (χ4n) is 4.37. The van der Waals surface area contributed by atoms with Crippen molar-refractivity contribution in [2.45, 2.75) is 50.5 Å². The van der Waals surface area contributed by atoms with E-state index in [-0.39, 0.29) is 11.0 Å². The lowest BCUT2D eigenvalue weighted by atomic mass is 9.54. The molecular formula is C12H21NO. The minimum atomic E-state index is -0.372. The lowest BCUT2D eigenvalue weighted by Gasteiger charge is -2.55. The summed E-state index contributed by atoms with van der Waals surface area (Å²) in [6.45, 7) is 0.701. The van der Waals surface area contributed by atoms with Gasteiger partial charge in [0.05, 0.1) is 5.60 Å². The van der Waals surface area contributed by atoms with Gasteiger partial charge >= 0.3 is 0 Å². The second-order valence-electron chi connectivity index (χ2n) is 5.84. The number of hydrogen-bond acceptors (Lipinski definition) is 2. The molecule has 0 aliphatic heterocycles. The maximum absolute atomic E-state index is 10.9. The Labute approximate surface area is 85.9 Å². The summed E-state index contributed by atoms with van der Waals surface area (Å²) in [5.74, 6) is 1.39. The van der Waals surface area contributed by atoms with Gasteiger partial charge in [-0.1, -0.05) is 6.42 Å². The SMILES string of the molecule is NCC1(C2(O)CC3CCC2C3)CCC1. The second kappa shape index (κ2) is 2.73. The smallest absolute Gasteiger partial charge is 0.0746 e. The van der Waals surface area contributed by atoms with Crippen LogP contribution in [0, 0.1) is 17.3 Å². The Kier molecular flexibility index (Phi) is 1.79. The van der Waals surface area contributed by atoms with Crippen LogP contribution in [0.1, 0.15) is 44.9 Å². The zero-order valence-corrected chi connectivity index (χ0v) is 8.84. The molecule has 3 saturated carbocycles. The van der Waals surface area contributed by atoms with Gasteiger partial charge in [-0.3, -0.25) is 0 Å². The summed E-state index contributed by atoms with van der Waals surface area (Å²) in [6.07, 6.45) is 8.55. The molecule has 2 nitrogen and oxygen atoms in total. The lowest BCUT2D eigenvalue weighted by Crippen LogP contribution is -2.59. The molecule has 0 spiro atoms. The minimum Gasteiger partial charge on any atom is -0.389 e. The first kappa shape index (κ1) is 9.17. The summed E-state index contributed by atoms with van der Waals surface area (Å²) >= 11 is 0. The molecule has 3 aliphatic carbocycles. The zero-order valence-electron chi connectivity index (χ0n) is 8.84. The molecule has 0 aromatic heterocycles. The maximum atomic E-state index is 10.9. The van der Waals surface area contributed by atoms with Crippen LogP contribution >= 0.6 is 0 Å². The van der Waals surface area contributed by atoms with E-state index in [2.05, 4.69) is 0 Å². The Balaban J connectivity index is 1.89. The van der Waals surface area contributed by atoms with Crippen LogP contribution in [-0.4, -0.2) is 17.3 Å². The molecule has 3 aliphatic rings. The number of nitrogens with two attached hydrogens (primary N) is 1. The number of rotatable bonds is 2. The van der Waals surface area contributed by atoms with Gasteiger partial charge in [0.1, 0.15) is 0 Å². The summed E-state index contributed by atoms with van der Waals surface area (Å²) < 4.78 is 0.